The molecule has 1 unspecified atom stereocenters. The molecule has 0 amide bonds. The number of aryl methyl sites for hydroxylation is 1. The highest BCUT2D eigenvalue weighted by atomic mass is 32.1. The summed E-state index contributed by atoms with van der Waals surface area (Å²) >= 11 is 1.65. The normalized spacial score (nSPS) is 12.9. The molecule has 0 aliphatic rings. The van der Waals surface area contributed by atoms with Gasteiger partial charge in [-0.3, -0.25) is 0 Å². The minimum Gasteiger partial charge on any atom is -0.385 e. The van der Waals surface area contributed by atoms with Gasteiger partial charge in [-0.15, -0.1) is 0 Å². The molecule has 0 fully saturated rings. The Morgan fingerprint density at radius 3 is 3.13 bits per heavy atom. The van der Waals surface area contributed by atoms with Crippen molar-refractivity contribution in [3.63, 3.8) is 0 Å². The lowest BCUT2D eigenvalue weighted by molar-refractivity contribution is 0.164. The SMILES string of the molecule is CCn1ccnc1C(O)Cc1ccsc1. The van der Waals surface area contributed by atoms with E-state index in [0.29, 0.717) is 6.42 Å². The molecule has 0 aliphatic carbocycles. The molecule has 4 heteroatoms. The van der Waals surface area contributed by atoms with Gasteiger partial charge < -0.3 is 9.67 Å². The third-order valence-corrected chi connectivity index (χ3v) is 3.13. The van der Waals surface area contributed by atoms with Crippen LogP contribution in [0.4, 0.5) is 0 Å². The second kappa shape index (κ2) is 4.59. The van der Waals surface area contributed by atoms with E-state index in [0.717, 1.165) is 17.9 Å². The predicted octanol–water partition coefficient (Wildman–Crippen LogP) is 2.24. The van der Waals surface area contributed by atoms with E-state index in [9.17, 15) is 5.11 Å². The zero-order valence-corrected chi connectivity index (χ0v) is 9.44. The Kier molecular flexibility index (Phi) is 3.18. The monoisotopic (exact) mass is 222 g/mol. The Hall–Kier alpha value is -1.13. The predicted molar refractivity (Wildman–Crippen MR) is 60.9 cm³/mol. The van der Waals surface area contributed by atoms with Crippen LogP contribution in [0.3, 0.4) is 0 Å². The molecule has 2 rings (SSSR count). The van der Waals surface area contributed by atoms with Crippen LogP contribution in [0.1, 0.15) is 24.4 Å². The second-order valence-corrected chi connectivity index (χ2v) is 4.20. The van der Waals surface area contributed by atoms with Crippen molar-refractivity contribution in [1.29, 1.82) is 0 Å². The van der Waals surface area contributed by atoms with Crippen molar-refractivity contribution in [1.82, 2.24) is 9.55 Å². The van der Waals surface area contributed by atoms with Crippen molar-refractivity contribution >= 4 is 11.3 Å². The maximum absolute atomic E-state index is 10.0. The van der Waals surface area contributed by atoms with Crippen molar-refractivity contribution in [3.8, 4) is 0 Å². The molecule has 0 spiro atoms. The highest BCUT2D eigenvalue weighted by Gasteiger charge is 2.13. The first-order valence-electron chi connectivity index (χ1n) is 5.01. The lowest BCUT2D eigenvalue weighted by Crippen LogP contribution is -2.09. The quantitative estimate of drug-likeness (QED) is 0.861. The van der Waals surface area contributed by atoms with E-state index in [2.05, 4.69) is 10.4 Å². The molecular weight excluding hydrogens is 208 g/mol. The molecule has 2 aromatic rings. The fourth-order valence-electron chi connectivity index (χ4n) is 1.61. The van der Waals surface area contributed by atoms with Crippen molar-refractivity contribution in [2.75, 3.05) is 0 Å². The number of aromatic nitrogens is 2. The summed E-state index contributed by atoms with van der Waals surface area (Å²) in [7, 11) is 0. The van der Waals surface area contributed by atoms with E-state index in [-0.39, 0.29) is 0 Å². The smallest absolute Gasteiger partial charge is 0.137 e. The summed E-state index contributed by atoms with van der Waals surface area (Å²) in [4.78, 5) is 4.18. The number of hydrogen-bond donors (Lipinski definition) is 1. The molecule has 2 aromatic heterocycles. The second-order valence-electron chi connectivity index (χ2n) is 3.42. The Balaban J connectivity index is 2.11. The van der Waals surface area contributed by atoms with Gasteiger partial charge >= 0.3 is 0 Å². The first-order chi connectivity index (χ1) is 7.31. The Morgan fingerprint density at radius 2 is 2.47 bits per heavy atom. The van der Waals surface area contributed by atoms with E-state index in [1.54, 1.807) is 17.5 Å². The summed E-state index contributed by atoms with van der Waals surface area (Å²) in [6, 6.07) is 2.03. The van der Waals surface area contributed by atoms with E-state index < -0.39 is 6.10 Å². The summed E-state index contributed by atoms with van der Waals surface area (Å²) in [5, 5.41) is 14.1. The number of aliphatic hydroxyl groups excluding tert-OH is 1. The minimum absolute atomic E-state index is 0.505. The molecule has 0 aromatic carbocycles. The van der Waals surface area contributed by atoms with E-state index in [1.165, 1.54) is 0 Å². The highest BCUT2D eigenvalue weighted by molar-refractivity contribution is 7.07. The number of aliphatic hydroxyl groups is 1. The van der Waals surface area contributed by atoms with Crippen molar-refractivity contribution in [2.45, 2.75) is 26.0 Å². The van der Waals surface area contributed by atoms with Gasteiger partial charge in [0.05, 0.1) is 0 Å². The van der Waals surface area contributed by atoms with Crippen LogP contribution in [0, 0.1) is 0 Å². The van der Waals surface area contributed by atoms with Gasteiger partial charge in [0.1, 0.15) is 11.9 Å². The topological polar surface area (TPSA) is 38.0 Å². The Labute approximate surface area is 93.0 Å². The van der Waals surface area contributed by atoms with Crippen LogP contribution in [0.25, 0.3) is 0 Å². The van der Waals surface area contributed by atoms with Gasteiger partial charge in [0.2, 0.25) is 0 Å². The maximum atomic E-state index is 10.0. The molecule has 80 valence electrons. The van der Waals surface area contributed by atoms with Crippen LogP contribution in [-0.2, 0) is 13.0 Å². The fraction of sp³-hybridized carbons (Fsp3) is 0.364. The molecule has 1 atom stereocenters. The molecule has 0 radical (unpaired) electrons. The summed E-state index contributed by atoms with van der Waals surface area (Å²) < 4.78 is 1.97. The van der Waals surface area contributed by atoms with Crippen molar-refractivity contribution in [3.05, 3.63) is 40.6 Å². The van der Waals surface area contributed by atoms with Gasteiger partial charge in [0.25, 0.3) is 0 Å². The number of rotatable bonds is 4. The average molecular weight is 222 g/mol. The zero-order valence-electron chi connectivity index (χ0n) is 8.63. The first-order valence-corrected chi connectivity index (χ1v) is 5.95. The van der Waals surface area contributed by atoms with Gasteiger partial charge in [-0.25, -0.2) is 4.98 Å². The maximum Gasteiger partial charge on any atom is 0.137 e. The van der Waals surface area contributed by atoms with Gasteiger partial charge in [0.15, 0.2) is 0 Å². The number of hydrogen-bond acceptors (Lipinski definition) is 3. The highest BCUT2D eigenvalue weighted by Crippen LogP contribution is 2.18. The molecule has 3 nitrogen and oxygen atoms in total. The van der Waals surface area contributed by atoms with E-state index in [4.69, 9.17) is 0 Å². The molecule has 0 aliphatic heterocycles. The first kappa shape index (κ1) is 10.4. The molecular formula is C11H14N2OS. The van der Waals surface area contributed by atoms with Crippen LogP contribution < -0.4 is 0 Å². The summed E-state index contributed by atoms with van der Waals surface area (Å²) in [5.74, 6) is 0.753. The third kappa shape index (κ3) is 2.27. The van der Waals surface area contributed by atoms with Crippen LogP contribution in [0.2, 0.25) is 0 Å². The van der Waals surface area contributed by atoms with Crippen molar-refractivity contribution in [2.24, 2.45) is 0 Å². The van der Waals surface area contributed by atoms with Gasteiger partial charge in [-0.05, 0) is 29.3 Å². The van der Waals surface area contributed by atoms with Crippen LogP contribution in [0.15, 0.2) is 29.2 Å². The fourth-order valence-corrected chi connectivity index (χ4v) is 2.29. The number of thiophene rings is 1. The summed E-state index contributed by atoms with van der Waals surface area (Å²) in [6.07, 6.45) is 3.76. The van der Waals surface area contributed by atoms with E-state index in [1.807, 2.05) is 29.1 Å². The zero-order chi connectivity index (χ0) is 10.7. The van der Waals surface area contributed by atoms with Gasteiger partial charge in [-0.2, -0.15) is 11.3 Å². The van der Waals surface area contributed by atoms with Crippen LogP contribution in [0.5, 0.6) is 0 Å². The summed E-state index contributed by atoms with van der Waals surface area (Å²) in [5.41, 5.74) is 1.16. The standard InChI is InChI=1S/C11H14N2OS/c1-2-13-5-4-12-11(13)10(14)7-9-3-6-15-8-9/h3-6,8,10,14H,2,7H2,1H3. The Bertz CT molecular complexity index is 408. The largest absolute Gasteiger partial charge is 0.385 e. The molecule has 2 heterocycles. The van der Waals surface area contributed by atoms with Gasteiger partial charge in [0, 0.05) is 25.4 Å². The number of imidazole rings is 1. The lowest BCUT2D eigenvalue weighted by atomic mass is 10.1. The van der Waals surface area contributed by atoms with Gasteiger partial charge in [-0.1, -0.05) is 0 Å². The Morgan fingerprint density at radius 1 is 1.60 bits per heavy atom. The number of nitrogens with zero attached hydrogens (tertiary/aromatic N) is 2. The van der Waals surface area contributed by atoms with Crippen LogP contribution in [-0.4, -0.2) is 14.7 Å². The van der Waals surface area contributed by atoms with E-state index >= 15 is 0 Å². The lowest BCUT2D eigenvalue weighted by Gasteiger charge is -2.10. The third-order valence-electron chi connectivity index (χ3n) is 2.40. The molecule has 0 bridgehead atoms. The molecule has 0 saturated carbocycles. The van der Waals surface area contributed by atoms with Crippen molar-refractivity contribution < 1.29 is 5.11 Å². The summed E-state index contributed by atoms with van der Waals surface area (Å²) in [6.45, 7) is 2.89. The molecule has 15 heavy (non-hydrogen) atoms. The molecule has 0 saturated heterocycles. The average Bonchev–Trinajstić information content (AvgIpc) is 2.86. The van der Waals surface area contributed by atoms with Crippen LogP contribution >= 0.6 is 11.3 Å². The molecule has 1 N–H and O–H groups in total. The minimum atomic E-state index is -0.505.